The summed E-state index contributed by atoms with van der Waals surface area (Å²) in [5.74, 6) is 0.330. The van der Waals surface area contributed by atoms with Crippen LogP contribution in [0, 0.1) is 11.8 Å². The van der Waals surface area contributed by atoms with Crippen molar-refractivity contribution >= 4 is 22.8 Å². The monoisotopic (exact) mass is 328 g/mol. The zero-order chi connectivity index (χ0) is 17.1. The smallest absolute Gasteiger partial charge is 0.308 e. The zero-order valence-electron chi connectivity index (χ0n) is 14.2. The van der Waals surface area contributed by atoms with Gasteiger partial charge in [-0.05, 0) is 55.2 Å². The Hall–Kier alpha value is -2.30. The molecule has 1 amide bonds. The fourth-order valence-electron chi connectivity index (χ4n) is 3.51. The van der Waals surface area contributed by atoms with Gasteiger partial charge in [0, 0.05) is 30.9 Å². The van der Waals surface area contributed by atoms with Crippen molar-refractivity contribution in [1.29, 1.82) is 0 Å². The van der Waals surface area contributed by atoms with Crippen molar-refractivity contribution in [2.75, 3.05) is 13.7 Å². The summed E-state index contributed by atoms with van der Waals surface area (Å²) in [4.78, 5) is 23.9. The van der Waals surface area contributed by atoms with E-state index in [4.69, 9.17) is 4.74 Å². The summed E-state index contributed by atoms with van der Waals surface area (Å²) in [6.45, 7) is 0.665. The summed E-state index contributed by atoms with van der Waals surface area (Å²) < 4.78 is 6.82. The molecule has 1 fully saturated rings. The average molecular weight is 328 g/mol. The lowest BCUT2D eigenvalue weighted by atomic mass is 9.82. The molecule has 0 aliphatic heterocycles. The second-order valence-electron chi connectivity index (χ2n) is 6.65. The molecule has 3 rings (SSSR count). The van der Waals surface area contributed by atoms with Crippen molar-refractivity contribution in [2.45, 2.75) is 25.7 Å². The first kappa shape index (κ1) is 16.6. The predicted molar refractivity (Wildman–Crippen MR) is 92.7 cm³/mol. The van der Waals surface area contributed by atoms with E-state index in [1.54, 1.807) is 0 Å². The summed E-state index contributed by atoms with van der Waals surface area (Å²) in [5.41, 5.74) is 1.74. The topological polar surface area (TPSA) is 60.3 Å². The van der Waals surface area contributed by atoms with E-state index in [0.717, 1.165) is 36.6 Å². The van der Waals surface area contributed by atoms with Crippen LogP contribution in [-0.2, 0) is 16.6 Å². The third-order valence-corrected chi connectivity index (χ3v) is 5.08. The maximum absolute atomic E-state index is 12.4. The molecule has 0 atom stereocenters. The van der Waals surface area contributed by atoms with Crippen molar-refractivity contribution < 1.29 is 14.3 Å². The van der Waals surface area contributed by atoms with Crippen LogP contribution in [0.15, 0.2) is 30.5 Å². The van der Waals surface area contributed by atoms with Crippen molar-refractivity contribution in [3.8, 4) is 0 Å². The molecule has 1 N–H and O–H groups in total. The number of carbonyl (C=O) groups is 2. The number of nitrogens with one attached hydrogen (secondary N) is 1. The Morgan fingerprint density at radius 2 is 1.96 bits per heavy atom. The normalized spacial score (nSPS) is 20.8. The van der Waals surface area contributed by atoms with E-state index in [-0.39, 0.29) is 17.8 Å². The van der Waals surface area contributed by atoms with Gasteiger partial charge in [-0.2, -0.15) is 0 Å². The summed E-state index contributed by atoms with van der Waals surface area (Å²) in [6.07, 6.45) is 5.60. The Morgan fingerprint density at radius 3 is 2.67 bits per heavy atom. The van der Waals surface area contributed by atoms with E-state index in [9.17, 15) is 9.59 Å². The largest absolute Gasteiger partial charge is 0.469 e. The van der Waals surface area contributed by atoms with Crippen molar-refractivity contribution in [1.82, 2.24) is 9.88 Å². The third-order valence-electron chi connectivity index (χ3n) is 5.08. The van der Waals surface area contributed by atoms with Crippen molar-refractivity contribution in [2.24, 2.45) is 18.9 Å². The van der Waals surface area contributed by atoms with Crippen LogP contribution < -0.4 is 5.32 Å². The number of benzene rings is 1. The highest BCUT2D eigenvalue weighted by molar-refractivity contribution is 5.98. The lowest BCUT2D eigenvalue weighted by molar-refractivity contribution is -0.146. The maximum atomic E-state index is 12.4. The lowest BCUT2D eigenvalue weighted by Crippen LogP contribution is -2.32. The Morgan fingerprint density at radius 1 is 1.21 bits per heavy atom. The number of hydrogen-bond acceptors (Lipinski definition) is 3. The van der Waals surface area contributed by atoms with Gasteiger partial charge < -0.3 is 14.6 Å². The van der Waals surface area contributed by atoms with Crippen molar-refractivity contribution in [3.05, 3.63) is 36.0 Å². The van der Waals surface area contributed by atoms with Gasteiger partial charge in [0.05, 0.1) is 13.0 Å². The van der Waals surface area contributed by atoms with Crippen molar-refractivity contribution in [3.63, 3.8) is 0 Å². The van der Waals surface area contributed by atoms with Crippen LogP contribution in [0.4, 0.5) is 0 Å². The lowest BCUT2D eigenvalue weighted by Gasteiger charge is -2.26. The number of amides is 1. The molecule has 24 heavy (non-hydrogen) atoms. The minimum atomic E-state index is -0.103. The van der Waals surface area contributed by atoms with Gasteiger partial charge in [-0.15, -0.1) is 0 Å². The maximum Gasteiger partial charge on any atom is 0.308 e. The van der Waals surface area contributed by atoms with Gasteiger partial charge in [0.1, 0.15) is 0 Å². The first-order chi connectivity index (χ1) is 11.6. The molecule has 1 aliphatic carbocycles. The Kier molecular flexibility index (Phi) is 4.88. The summed E-state index contributed by atoms with van der Waals surface area (Å²) in [6, 6.07) is 7.81. The van der Waals surface area contributed by atoms with Gasteiger partial charge in [0.2, 0.25) is 0 Å². The number of hydrogen-bond donors (Lipinski definition) is 1. The number of carbonyl (C=O) groups excluding carboxylic acids is 2. The first-order valence-corrected chi connectivity index (χ1v) is 8.49. The number of esters is 1. The quantitative estimate of drug-likeness (QED) is 0.878. The van der Waals surface area contributed by atoms with E-state index >= 15 is 0 Å². The molecule has 5 heteroatoms. The van der Waals surface area contributed by atoms with Crippen LogP contribution >= 0.6 is 0 Å². The minimum Gasteiger partial charge on any atom is -0.469 e. The molecule has 0 unspecified atom stereocenters. The number of rotatable bonds is 4. The first-order valence-electron chi connectivity index (χ1n) is 8.49. The van der Waals surface area contributed by atoms with Gasteiger partial charge in [0.25, 0.3) is 5.91 Å². The number of aryl methyl sites for hydroxylation is 1. The highest BCUT2D eigenvalue weighted by Crippen LogP contribution is 2.29. The molecule has 128 valence electrons. The molecule has 1 heterocycles. The van der Waals surface area contributed by atoms with Gasteiger partial charge in [-0.1, -0.05) is 6.07 Å². The standard InChI is InChI=1S/C19H24N2O3/c1-21-10-9-14-7-8-16(11-17(14)21)18(22)20-12-13-3-5-15(6-4-13)19(23)24-2/h7-11,13,15H,3-6,12H2,1-2H3,(H,20,22). The van der Waals surface area contributed by atoms with E-state index < -0.39 is 0 Å². The zero-order valence-corrected chi connectivity index (χ0v) is 14.2. The van der Waals surface area contributed by atoms with Crippen LogP contribution in [0.5, 0.6) is 0 Å². The van der Waals surface area contributed by atoms with E-state index in [2.05, 4.69) is 5.32 Å². The number of ether oxygens (including phenoxy) is 1. The molecule has 1 aromatic carbocycles. The molecule has 0 radical (unpaired) electrons. The Labute approximate surface area is 142 Å². The summed E-state index contributed by atoms with van der Waals surface area (Å²) in [5, 5.41) is 4.17. The SMILES string of the molecule is COC(=O)C1CCC(CNC(=O)c2ccc3ccn(C)c3c2)CC1. The van der Waals surface area contributed by atoms with Gasteiger partial charge in [0.15, 0.2) is 0 Å². The Balaban J connectivity index is 1.54. The van der Waals surface area contributed by atoms with Crippen LogP contribution in [0.2, 0.25) is 0 Å². The Bertz CT molecular complexity index is 742. The molecule has 1 saturated carbocycles. The van der Waals surface area contributed by atoms with E-state index in [1.165, 1.54) is 7.11 Å². The van der Waals surface area contributed by atoms with Gasteiger partial charge >= 0.3 is 5.97 Å². The van der Waals surface area contributed by atoms with Crippen LogP contribution in [-0.4, -0.2) is 30.1 Å². The number of aromatic nitrogens is 1. The minimum absolute atomic E-state index is 0.0294. The second-order valence-corrected chi connectivity index (χ2v) is 6.65. The molecule has 0 spiro atoms. The van der Waals surface area contributed by atoms with E-state index in [0.29, 0.717) is 18.0 Å². The molecule has 5 nitrogen and oxygen atoms in total. The summed E-state index contributed by atoms with van der Waals surface area (Å²) in [7, 11) is 3.42. The van der Waals surface area contributed by atoms with Crippen LogP contribution in [0.3, 0.4) is 0 Å². The van der Waals surface area contributed by atoms with Crippen LogP contribution in [0.1, 0.15) is 36.0 Å². The number of nitrogens with zero attached hydrogens (tertiary/aromatic N) is 1. The molecule has 1 aromatic heterocycles. The fourth-order valence-corrected chi connectivity index (χ4v) is 3.51. The molecular formula is C19H24N2O3. The fraction of sp³-hybridized carbons (Fsp3) is 0.474. The molecule has 0 saturated heterocycles. The summed E-state index contributed by atoms with van der Waals surface area (Å²) >= 11 is 0. The predicted octanol–water partition coefficient (Wildman–Crippen LogP) is 2.89. The average Bonchev–Trinajstić information content (AvgIpc) is 3.00. The van der Waals surface area contributed by atoms with Gasteiger partial charge in [-0.3, -0.25) is 9.59 Å². The molecule has 1 aliphatic rings. The molecule has 0 bridgehead atoms. The highest BCUT2D eigenvalue weighted by Gasteiger charge is 2.27. The number of methoxy groups -OCH3 is 1. The highest BCUT2D eigenvalue weighted by atomic mass is 16.5. The molecular weight excluding hydrogens is 304 g/mol. The van der Waals surface area contributed by atoms with E-state index in [1.807, 2.05) is 42.1 Å². The third kappa shape index (κ3) is 3.45. The molecule has 2 aromatic rings. The number of fused-ring (bicyclic) bond motifs is 1. The second kappa shape index (κ2) is 7.07. The van der Waals surface area contributed by atoms with Gasteiger partial charge in [-0.25, -0.2) is 0 Å². The van der Waals surface area contributed by atoms with Crippen LogP contribution in [0.25, 0.3) is 10.9 Å².